The number of rotatable bonds is 2. The van der Waals surface area contributed by atoms with Gasteiger partial charge >= 0.3 is 0 Å². The Labute approximate surface area is 143 Å². The van der Waals surface area contributed by atoms with E-state index in [9.17, 15) is 0 Å². The molecule has 0 N–H and O–H groups in total. The second-order valence-corrected chi connectivity index (χ2v) is 6.30. The van der Waals surface area contributed by atoms with Gasteiger partial charge in [0.1, 0.15) is 0 Å². The van der Waals surface area contributed by atoms with E-state index in [1.807, 2.05) is 38.4 Å². The number of thiocarbonyl (C=S) groups is 1. The highest BCUT2D eigenvalue weighted by molar-refractivity contribution is 7.80. The Balaban J connectivity index is 2.15. The Hall–Kier alpha value is -2.49. The fraction of sp³-hybridized carbons (Fsp3) is 0.118. The normalized spacial score (nSPS) is 10.3. The molecule has 1 heterocycles. The average Bonchev–Trinajstić information content (AvgIpc) is 3.04. The van der Waals surface area contributed by atoms with Crippen LogP contribution in [-0.4, -0.2) is 29.2 Å². The minimum atomic E-state index is 0.390. The van der Waals surface area contributed by atoms with Crippen molar-refractivity contribution in [1.29, 1.82) is 5.26 Å². The topological polar surface area (TPSA) is 49.1 Å². The number of fused-ring (bicyclic) bond motifs is 1. The molecule has 0 bridgehead atoms. The number of ether oxygens (including phenoxy) is 1. The molecule has 0 aliphatic heterocycles. The summed E-state index contributed by atoms with van der Waals surface area (Å²) >= 11 is 6.81. The van der Waals surface area contributed by atoms with Gasteiger partial charge in [-0.25, -0.2) is 4.98 Å². The van der Waals surface area contributed by atoms with Gasteiger partial charge in [0.25, 0.3) is 5.17 Å². The molecule has 4 nitrogen and oxygen atoms in total. The van der Waals surface area contributed by atoms with E-state index in [1.54, 1.807) is 22.5 Å². The molecule has 0 amide bonds. The van der Waals surface area contributed by atoms with E-state index >= 15 is 0 Å². The Bertz CT molecular complexity index is 908. The van der Waals surface area contributed by atoms with E-state index < -0.39 is 0 Å². The molecule has 0 aliphatic rings. The molecule has 0 spiro atoms. The standard InChI is InChI=1S/C17H13N3OS2/c1-20(2)17(22)21-15-13(7-8-14-16(15)23-10-19-14)12-5-3-11(9-18)4-6-12/h3-8,10H,1-2H3. The minimum Gasteiger partial charge on any atom is -0.430 e. The van der Waals surface area contributed by atoms with Crippen LogP contribution in [0.5, 0.6) is 5.75 Å². The zero-order valence-corrected chi connectivity index (χ0v) is 14.2. The first kappa shape index (κ1) is 15.4. The maximum Gasteiger partial charge on any atom is 0.264 e. The summed E-state index contributed by atoms with van der Waals surface area (Å²) in [6.45, 7) is 0. The summed E-state index contributed by atoms with van der Waals surface area (Å²) in [5.74, 6) is 0.702. The second-order valence-electron chi connectivity index (χ2n) is 5.09. The largest absolute Gasteiger partial charge is 0.430 e. The van der Waals surface area contributed by atoms with Gasteiger partial charge in [0.2, 0.25) is 0 Å². The number of benzene rings is 2. The van der Waals surface area contributed by atoms with Gasteiger partial charge < -0.3 is 9.64 Å². The summed E-state index contributed by atoms with van der Waals surface area (Å²) in [6.07, 6.45) is 0. The molecular formula is C17H13N3OS2. The molecule has 0 saturated carbocycles. The van der Waals surface area contributed by atoms with Crippen molar-refractivity contribution in [2.45, 2.75) is 0 Å². The van der Waals surface area contributed by atoms with Crippen LogP contribution in [0.3, 0.4) is 0 Å². The molecule has 6 heteroatoms. The van der Waals surface area contributed by atoms with Crippen LogP contribution in [0.15, 0.2) is 41.9 Å². The number of hydrogen-bond acceptors (Lipinski definition) is 5. The molecule has 114 valence electrons. The number of nitriles is 1. The van der Waals surface area contributed by atoms with Crippen molar-refractivity contribution < 1.29 is 4.74 Å². The molecule has 0 fully saturated rings. The van der Waals surface area contributed by atoms with Gasteiger partial charge in [-0.15, -0.1) is 11.3 Å². The molecule has 3 aromatic rings. The first-order valence-corrected chi connectivity index (χ1v) is 8.15. The van der Waals surface area contributed by atoms with Crippen LogP contribution in [0.1, 0.15) is 5.56 Å². The van der Waals surface area contributed by atoms with Crippen LogP contribution in [0, 0.1) is 11.3 Å². The van der Waals surface area contributed by atoms with Crippen LogP contribution in [0.25, 0.3) is 21.3 Å². The lowest BCUT2D eigenvalue weighted by molar-refractivity contribution is 0.454. The molecule has 0 aliphatic carbocycles. The van der Waals surface area contributed by atoms with E-state index in [4.69, 9.17) is 22.2 Å². The first-order chi connectivity index (χ1) is 11.1. The van der Waals surface area contributed by atoms with Crippen LogP contribution >= 0.6 is 23.6 Å². The quantitative estimate of drug-likeness (QED) is 0.659. The predicted octanol–water partition coefficient (Wildman–Crippen LogP) is 4.06. The molecule has 1 aromatic heterocycles. The summed E-state index contributed by atoms with van der Waals surface area (Å²) in [5, 5.41) is 9.33. The zero-order chi connectivity index (χ0) is 16.4. The lowest BCUT2D eigenvalue weighted by Gasteiger charge is -2.17. The van der Waals surface area contributed by atoms with E-state index in [0.717, 1.165) is 21.3 Å². The highest BCUT2D eigenvalue weighted by Gasteiger charge is 2.16. The second kappa shape index (κ2) is 6.32. The molecule has 23 heavy (non-hydrogen) atoms. The summed E-state index contributed by atoms with van der Waals surface area (Å²) in [4.78, 5) is 6.08. The van der Waals surface area contributed by atoms with Gasteiger partial charge in [-0.1, -0.05) is 12.1 Å². The fourth-order valence-electron chi connectivity index (χ4n) is 2.14. The number of thiazole rings is 1. The number of nitrogens with zero attached hydrogens (tertiary/aromatic N) is 3. The Morgan fingerprint density at radius 2 is 1.96 bits per heavy atom. The lowest BCUT2D eigenvalue weighted by atomic mass is 10.0. The number of aromatic nitrogens is 1. The third kappa shape index (κ3) is 3.02. The Morgan fingerprint density at radius 1 is 1.22 bits per heavy atom. The van der Waals surface area contributed by atoms with Crippen molar-refractivity contribution in [3.05, 3.63) is 47.5 Å². The van der Waals surface area contributed by atoms with Gasteiger partial charge in [-0.2, -0.15) is 5.26 Å². The van der Waals surface area contributed by atoms with E-state index in [0.29, 0.717) is 16.5 Å². The van der Waals surface area contributed by atoms with Gasteiger partial charge in [-0.05, 0) is 42.0 Å². The third-order valence-electron chi connectivity index (χ3n) is 3.33. The maximum atomic E-state index is 8.94. The molecule has 0 saturated heterocycles. The highest BCUT2D eigenvalue weighted by atomic mass is 32.1. The van der Waals surface area contributed by atoms with Gasteiger partial charge in [-0.3, -0.25) is 0 Å². The van der Waals surface area contributed by atoms with Crippen molar-refractivity contribution >= 4 is 38.9 Å². The zero-order valence-electron chi connectivity index (χ0n) is 12.6. The Kier molecular flexibility index (Phi) is 4.24. The summed E-state index contributed by atoms with van der Waals surface area (Å²) in [7, 11) is 3.69. The van der Waals surface area contributed by atoms with E-state index in [-0.39, 0.29) is 0 Å². The van der Waals surface area contributed by atoms with Crippen LogP contribution in [-0.2, 0) is 0 Å². The average molecular weight is 339 g/mol. The smallest absolute Gasteiger partial charge is 0.264 e. The molecule has 0 atom stereocenters. The summed E-state index contributed by atoms with van der Waals surface area (Å²) in [5.41, 5.74) is 5.19. The molecule has 0 radical (unpaired) electrons. The summed E-state index contributed by atoms with van der Waals surface area (Å²) < 4.78 is 6.91. The molecule has 2 aromatic carbocycles. The third-order valence-corrected chi connectivity index (χ3v) is 4.62. The Morgan fingerprint density at radius 3 is 2.61 bits per heavy atom. The van der Waals surface area contributed by atoms with E-state index in [1.165, 1.54) is 11.3 Å². The predicted molar refractivity (Wildman–Crippen MR) is 96.7 cm³/mol. The lowest BCUT2D eigenvalue weighted by Crippen LogP contribution is -2.25. The molecular weight excluding hydrogens is 326 g/mol. The highest BCUT2D eigenvalue weighted by Crippen LogP contribution is 2.39. The van der Waals surface area contributed by atoms with Gasteiger partial charge in [0, 0.05) is 19.7 Å². The SMILES string of the molecule is CN(C)C(=S)Oc1c(-c2ccc(C#N)cc2)ccc2ncsc12. The molecule has 3 rings (SSSR count). The number of hydrogen-bond donors (Lipinski definition) is 0. The van der Waals surface area contributed by atoms with Crippen molar-refractivity contribution in [2.75, 3.05) is 14.1 Å². The molecule has 0 unspecified atom stereocenters. The van der Waals surface area contributed by atoms with Crippen molar-refractivity contribution in [3.63, 3.8) is 0 Å². The van der Waals surface area contributed by atoms with E-state index in [2.05, 4.69) is 11.1 Å². The van der Waals surface area contributed by atoms with Crippen molar-refractivity contribution in [2.24, 2.45) is 0 Å². The monoisotopic (exact) mass is 339 g/mol. The van der Waals surface area contributed by atoms with Crippen LogP contribution in [0.2, 0.25) is 0 Å². The van der Waals surface area contributed by atoms with Crippen molar-refractivity contribution in [3.8, 4) is 22.9 Å². The van der Waals surface area contributed by atoms with Gasteiger partial charge in [0.15, 0.2) is 5.75 Å². The fourth-order valence-corrected chi connectivity index (χ4v) is 2.99. The van der Waals surface area contributed by atoms with Crippen LogP contribution in [0.4, 0.5) is 0 Å². The minimum absolute atomic E-state index is 0.390. The van der Waals surface area contributed by atoms with Gasteiger partial charge in [0.05, 0.1) is 27.4 Å². The van der Waals surface area contributed by atoms with Crippen LogP contribution < -0.4 is 4.74 Å². The summed E-state index contributed by atoms with van der Waals surface area (Å²) in [6, 6.07) is 13.5. The van der Waals surface area contributed by atoms with Crippen molar-refractivity contribution in [1.82, 2.24) is 9.88 Å². The maximum absolute atomic E-state index is 8.94. The first-order valence-electron chi connectivity index (χ1n) is 6.86.